The number of aromatic nitrogens is 2. The summed E-state index contributed by atoms with van der Waals surface area (Å²) >= 11 is 12.3. The highest BCUT2D eigenvalue weighted by molar-refractivity contribution is 7.70. The normalized spacial score (nSPS) is 11.9. The van der Waals surface area contributed by atoms with E-state index in [-0.39, 0.29) is 10.7 Å². The second-order valence-electron chi connectivity index (χ2n) is 5.91. The molecule has 0 atom stereocenters. The average molecular weight is 383 g/mol. The highest BCUT2D eigenvalue weighted by Crippen LogP contribution is 2.36. The summed E-state index contributed by atoms with van der Waals surface area (Å²) in [4.78, 5) is 8.54. The van der Waals surface area contributed by atoms with Gasteiger partial charge in [-0.2, -0.15) is 0 Å². The first-order chi connectivity index (χ1) is 11.2. The minimum absolute atomic E-state index is 0.153. The Hall–Kier alpha value is -1.48. The van der Waals surface area contributed by atoms with Gasteiger partial charge in [0.15, 0.2) is 5.82 Å². The summed E-state index contributed by atoms with van der Waals surface area (Å²) in [6.07, 6.45) is 0. The number of hydrogen-bond acceptors (Lipinski definition) is 3. The van der Waals surface area contributed by atoms with Gasteiger partial charge in [-0.25, -0.2) is 14.4 Å². The monoisotopic (exact) mass is 382 g/mol. The van der Waals surface area contributed by atoms with Crippen molar-refractivity contribution < 1.29 is 8.96 Å². The predicted octanol–water partition coefficient (Wildman–Crippen LogP) is 5.30. The lowest BCUT2D eigenvalue weighted by Gasteiger charge is -2.10. The molecule has 7 heteroatoms. The van der Waals surface area contributed by atoms with Crippen LogP contribution in [0, 0.1) is 12.7 Å². The Labute approximate surface area is 149 Å². The maximum absolute atomic E-state index is 14.5. The summed E-state index contributed by atoms with van der Waals surface area (Å²) in [5, 5.41) is 1.29. The number of nitrogens with zero attached hydrogens (tertiary/aromatic N) is 2. The fraction of sp³-hybridized carbons (Fsp3) is 0.176. The van der Waals surface area contributed by atoms with Crippen molar-refractivity contribution in [3.8, 4) is 11.3 Å². The van der Waals surface area contributed by atoms with Gasteiger partial charge in [-0.15, -0.1) is 0 Å². The molecule has 0 N–H and O–H groups in total. The SMILES string of the molecule is Cc1nc2cc(F)c(-c3ccc(P(C)(C)=O)cc3)nc2c(Cl)c1Cl. The number of benzene rings is 1. The smallest absolute Gasteiger partial charge is 0.151 e. The van der Waals surface area contributed by atoms with E-state index in [2.05, 4.69) is 9.97 Å². The predicted molar refractivity (Wildman–Crippen MR) is 98.8 cm³/mol. The summed E-state index contributed by atoms with van der Waals surface area (Å²) in [6.45, 7) is 5.07. The van der Waals surface area contributed by atoms with Gasteiger partial charge in [0.1, 0.15) is 18.4 Å². The third-order valence-corrected chi connectivity index (χ3v) is 6.19. The minimum Gasteiger partial charge on any atom is -0.319 e. The Morgan fingerprint density at radius 3 is 2.25 bits per heavy atom. The Morgan fingerprint density at radius 2 is 1.67 bits per heavy atom. The van der Waals surface area contributed by atoms with E-state index < -0.39 is 13.0 Å². The maximum atomic E-state index is 14.5. The molecule has 2 heterocycles. The first kappa shape index (κ1) is 17.3. The lowest BCUT2D eigenvalue weighted by molar-refractivity contribution is 0.588. The van der Waals surface area contributed by atoms with Crippen molar-refractivity contribution in [1.82, 2.24) is 9.97 Å². The lowest BCUT2D eigenvalue weighted by atomic mass is 10.1. The van der Waals surface area contributed by atoms with Crippen LogP contribution in [0.25, 0.3) is 22.3 Å². The van der Waals surface area contributed by atoms with Crippen molar-refractivity contribution in [3.63, 3.8) is 0 Å². The zero-order chi connectivity index (χ0) is 17.6. The summed E-state index contributed by atoms with van der Waals surface area (Å²) in [5.74, 6) is -0.503. The highest BCUT2D eigenvalue weighted by atomic mass is 35.5. The van der Waals surface area contributed by atoms with Crippen molar-refractivity contribution in [2.24, 2.45) is 0 Å². The van der Waals surface area contributed by atoms with Crippen LogP contribution in [0.2, 0.25) is 10.0 Å². The molecule has 0 unspecified atom stereocenters. The van der Waals surface area contributed by atoms with Crippen LogP contribution >= 0.6 is 30.3 Å². The third-order valence-electron chi connectivity index (χ3n) is 3.72. The molecule has 0 aliphatic heterocycles. The molecule has 3 rings (SSSR count). The van der Waals surface area contributed by atoms with Gasteiger partial charge >= 0.3 is 0 Å². The van der Waals surface area contributed by atoms with Crippen LogP contribution in [0.3, 0.4) is 0 Å². The van der Waals surface area contributed by atoms with E-state index in [0.717, 1.165) is 5.30 Å². The summed E-state index contributed by atoms with van der Waals surface area (Å²) in [7, 11) is -2.36. The molecule has 2 aromatic heterocycles. The second kappa shape index (κ2) is 6.11. The third kappa shape index (κ3) is 3.06. The Kier molecular flexibility index (Phi) is 4.41. The molecule has 0 bridgehead atoms. The van der Waals surface area contributed by atoms with Gasteiger partial charge in [0.05, 0.1) is 21.3 Å². The first-order valence-corrected chi connectivity index (χ1v) is 10.5. The molecule has 124 valence electrons. The van der Waals surface area contributed by atoms with Crippen LogP contribution in [-0.2, 0) is 4.57 Å². The number of pyridine rings is 2. The molecule has 0 radical (unpaired) electrons. The van der Waals surface area contributed by atoms with Gasteiger partial charge in [-0.05, 0) is 20.3 Å². The standard InChI is InChI=1S/C17H14Cl2FN2OP/c1-9-14(18)15(19)17-13(21-9)8-12(20)16(22-17)10-4-6-11(7-5-10)24(2,3)23/h4-8H,1-3H3. The highest BCUT2D eigenvalue weighted by Gasteiger charge is 2.17. The molecule has 0 saturated heterocycles. The van der Waals surface area contributed by atoms with Crippen LogP contribution in [-0.4, -0.2) is 23.3 Å². The fourth-order valence-electron chi connectivity index (χ4n) is 2.40. The van der Waals surface area contributed by atoms with E-state index in [1.807, 2.05) is 0 Å². The lowest BCUT2D eigenvalue weighted by Crippen LogP contribution is -2.02. The van der Waals surface area contributed by atoms with Gasteiger partial charge in [0.25, 0.3) is 0 Å². The number of aryl methyl sites for hydroxylation is 1. The van der Waals surface area contributed by atoms with Gasteiger partial charge < -0.3 is 4.57 Å². The minimum atomic E-state index is -2.36. The molecular weight excluding hydrogens is 369 g/mol. The van der Waals surface area contributed by atoms with Gasteiger partial charge in [-0.1, -0.05) is 47.5 Å². The fourth-order valence-corrected chi connectivity index (χ4v) is 3.67. The summed E-state index contributed by atoms with van der Waals surface area (Å²) < 4.78 is 26.6. The topological polar surface area (TPSA) is 42.9 Å². The molecule has 24 heavy (non-hydrogen) atoms. The average Bonchev–Trinajstić information content (AvgIpc) is 2.52. The first-order valence-electron chi connectivity index (χ1n) is 7.16. The molecule has 1 aromatic carbocycles. The molecule has 0 fully saturated rings. The zero-order valence-corrected chi connectivity index (χ0v) is 15.7. The van der Waals surface area contributed by atoms with Crippen molar-refractivity contribution in [2.45, 2.75) is 6.92 Å². The van der Waals surface area contributed by atoms with Crippen LogP contribution in [0.1, 0.15) is 5.69 Å². The van der Waals surface area contributed by atoms with Crippen LogP contribution in [0.5, 0.6) is 0 Å². The van der Waals surface area contributed by atoms with E-state index in [1.54, 1.807) is 44.5 Å². The van der Waals surface area contributed by atoms with Crippen molar-refractivity contribution in [3.05, 3.63) is 51.9 Å². The largest absolute Gasteiger partial charge is 0.319 e. The molecule has 0 spiro atoms. The van der Waals surface area contributed by atoms with Crippen LogP contribution < -0.4 is 5.30 Å². The molecule has 0 aliphatic rings. The molecule has 0 saturated carbocycles. The molecular formula is C17H14Cl2FN2OP. The zero-order valence-electron chi connectivity index (χ0n) is 13.3. The number of rotatable bonds is 2. The van der Waals surface area contributed by atoms with Crippen LogP contribution in [0.15, 0.2) is 30.3 Å². The Morgan fingerprint density at radius 1 is 1.04 bits per heavy atom. The summed E-state index contributed by atoms with van der Waals surface area (Å²) in [6, 6.07) is 8.14. The number of halogens is 3. The van der Waals surface area contributed by atoms with Crippen molar-refractivity contribution in [1.29, 1.82) is 0 Å². The Bertz CT molecular complexity index is 1000. The van der Waals surface area contributed by atoms with E-state index >= 15 is 0 Å². The van der Waals surface area contributed by atoms with E-state index in [0.29, 0.717) is 27.3 Å². The van der Waals surface area contributed by atoms with E-state index in [1.165, 1.54) is 6.07 Å². The number of fused-ring (bicyclic) bond motifs is 1. The number of hydrogen-bond donors (Lipinski definition) is 0. The molecule has 3 aromatic rings. The van der Waals surface area contributed by atoms with Crippen LogP contribution in [0.4, 0.5) is 4.39 Å². The molecule has 0 aliphatic carbocycles. The van der Waals surface area contributed by atoms with Gasteiger partial charge in [0, 0.05) is 16.9 Å². The van der Waals surface area contributed by atoms with Gasteiger partial charge in [-0.3, -0.25) is 0 Å². The quantitative estimate of drug-likeness (QED) is 0.564. The Balaban J connectivity index is 2.19. The second-order valence-corrected chi connectivity index (χ2v) is 9.88. The van der Waals surface area contributed by atoms with E-state index in [4.69, 9.17) is 23.2 Å². The van der Waals surface area contributed by atoms with Crippen molar-refractivity contribution in [2.75, 3.05) is 13.3 Å². The summed E-state index contributed by atoms with van der Waals surface area (Å²) in [5.41, 5.74) is 1.95. The van der Waals surface area contributed by atoms with E-state index in [9.17, 15) is 8.96 Å². The van der Waals surface area contributed by atoms with Crippen molar-refractivity contribution >= 4 is 46.7 Å². The maximum Gasteiger partial charge on any atom is 0.151 e. The molecule has 3 nitrogen and oxygen atoms in total. The molecule has 0 amide bonds. The van der Waals surface area contributed by atoms with Gasteiger partial charge in [0.2, 0.25) is 0 Å².